The SMILES string of the molecule is NC(=O)C(N)=O.O=C([O-])C(=O)[O-].[NH4+].[NH4+]. The maximum atomic E-state index is 9.45. The number of carbonyl (C=O) groups excluding carboxylic acids is 4. The summed E-state index contributed by atoms with van der Waals surface area (Å²) in [6.45, 7) is 0. The number of aliphatic carboxylic acids is 2. The van der Waals surface area contributed by atoms with Crippen molar-refractivity contribution in [2.24, 2.45) is 11.5 Å². The Kier molecular flexibility index (Phi) is 17.5. The predicted octanol–water partition coefficient (Wildman–Crippen LogP) is -4.80. The van der Waals surface area contributed by atoms with Gasteiger partial charge in [-0.15, -0.1) is 0 Å². The number of amides is 2. The van der Waals surface area contributed by atoms with Crippen LogP contribution in [0.2, 0.25) is 0 Å². The van der Waals surface area contributed by atoms with E-state index in [4.69, 9.17) is 19.8 Å². The van der Waals surface area contributed by atoms with Crippen LogP contribution in [-0.4, -0.2) is 23.8 Å². The standard InChI is InChI=1S/C2H4N2O2.C2H2O4.2H3N/c3-1(5)2(4)6;3-1(4)2(5)6;;/h(H2,3,5)(H2,4,6);(H,3,4)(H,5,6);2*1H3. The van der Waals surface area contributed by atoms with Gasteiger partial charge in [0.15, 0.2) is 0 Å². The van der Waals surface area contributed by atoms with E-state index < -0.39 is 23.8 Å². The van der Waals surface area contributed by atoms with Crippen LogP contribution in [0.5, 0.6) is 0 Å². The lowest BCUT2D eigenvalue weighted by Crippen LogP contribution is -2.42. The highest BCUT2D eigenvalue weighted by molar-refractivity contribution is 6.33. The van der Waals surface area contributed by atoms with E-state index in [9.17, 15) is 9.59 Å². The van der Waals surface area contributed by atoms with Gasteiger partial charge in [0, 0.05) is 0 Å². The summed E-state index contributed by atoms with van der Waals surface area (Å²) in [5.41, 5.74) is 8.64. The molecule has 12 N–H and O–H groups in total. The van der Waals surface area contributed by atoms with E-state index >= 15 is 0 Å². The van der Waals surface area contributed by atoms with Crippen molar-refractivity contribution in [3.05, 3.63) is 0 Å². The minimum atomic E-state index is -2.19. The zero-order valence-electron chi connectivity index (χ0n) is 7.60. The van der Waals surface area contributed by atoms with Gasteiger partial charge in [0.25, 0.3) is 0 Å². The zero-order valence-corrected chi connectivity index (χ0v) is 7.60. The lowest BCUT2D eigenvalue weighted by Gasteiger charge is -1.97. The van der Waals surface area contributed by atoms with Crippen LogP contribution in [0, 0.1) is 0 Å². The molecule has 0 rings (SSSR count). The van der Waals surface area contributed by atoms with Crippen molar-refractivity contribution >= 4 is 23.8 Å². The highest BCUT2D eigenvalue weighted by Gasteiger charge is 1.96. The Morgan fingerprint density at radius 3 is 0.857 bits per heavy atom. The summed E-state index contributed by atoms with van der Waals surface area (Å²) in [7, 11) is 0. The van der Waals surface area contributed by atoms with Gasteiger partial charge in [-0.3, -0.25) is 9.59 Å². The number of primary amides is 2. The minimum Gasteiger partial charge on any atom is -0.543 e. The van der Waals surface area contributed by atoms with Gasteiger partial charge < -0.3 is 43.6 Å². The van der Waals surface area contributed by atoms with Crippen LogP contribution in [0.15, 0.2) is 0 Å². The van der Waals surface area contributed by atoms with Gasteiger partial charge in [-0.25, -0.2) is 0 Å². The molecular weight excluding hydrogens is 200 g/mol. The summed E-state index contributed by atoms with van der Waals surface area (Å²) in [6.07, 6.45) is 0. The molecule has 0 heterocycles. The summed E-state index contributed by atoms with van der Waals surface area (Å²) in [6, 6.07) is 0. The minimum absolute atomic E-state index is 0. The molecule has 0 aromatic rings. The van der Waals surface area contributed by atoms with Gasteiger partial charge >= 0.3 is 11.8 Å². The predicted molar refractivity (Wildman–Crippen MR) is 40.4 cm³/mol. The first kappa shape index (κ1) is 22.6. The van der Waals surface area contributed by atoms with Crippen molar-refractivity contribution in [3.63, 3.8) is 0 Å². The van der Waals surface area contributed by atoms with E-state index in [1.165, 1.54) is 0 Å². The Morgan fingerprint density at radius 2 is 0.857 bits per heavy atom. The zero-order chi connectivity index (χ0) is 10.3. The highest BCUT2D eigenvalue weighted by Crippen LogP contribution is 1.44. The van der Waals surface area contributed by atoms with Gasteiger partial charge in [0.1, 0.15) is 0 Å². The summed E-state index contributed by atoms with van der Waals surface area (Å²) < 4.78 is 0. The second-order valence-electron chi connectivity index (χ2n) is 1.30. The third kappa shape index (κ3) is 22.6. The summed E-state index contributed by atoms with van der Waals surface area (Å²) in [5, 5.41) is 17.9. The topological polar surface area (TPSA) is 239 Å². The molecule has 0 bridgehead atoms. The van der Waals surface area contributed by atoms with Crippen molar-refractivity contribution in [1.29, 1.82) is 0 Å². The number of hydrogen-bond acceptors (Lipinski definition) is 6. The molecule has 10 nitrogen and oxygen atoms in total. The third-order valence-electron chi connectivity index (χ3n) is 0.410. The molecule has 0 saturated heterocycles. The summed E-state index contributed by atoms with van der Waals surface area (Å²) in [5.74, 6) is -6.57. The number of hydrogen-bond donors (Lipinski definition) is 4. The smallest absolute Gasteiger partial charge is 0.306 e. The molecule has 10 heteroatoms. The molecule has 0 aromatic heterocycles. The molecule has 14 heavy (non-hydrogen) atoms. The van der Waals surface area contributed by atoms with Crippen molar-refractivity contribution in [1.82, 2.24) is 12.3 Å². The number of carboxylic acids is 2. The molecule has 0 aliphatic carbocycles. The Balaban J connectivity index is -0.0000000625. The van der Waals surface area contributed by atoms with Crippen LogP contribution in [-0.2, 0) is 19.2 Å². The van der Waals surface area contributed by atoms with Crippen molar-refractivity contribution < 1.29 is 29.4 Å². The second-order valence-corrected chi connectivity index (χ2v) is 1.30. The van der Waals surface area contributed by atoms with E-state index in [-0.39, 0.29) is 12.3 Å². The van der Waals surface area contributed by atoms with E-state index in [1.807, 2.05) is 0 Å². The molecule has 0 atom stereocenters. The molecule has 0 aromatic carbocycles. The Labute approximate surface area is 78.0 Å². The van der Waals surface area contributed by atoms with Gasteiger partial charge in [0.2, 0.25) is 0 Å². The van der Waals surface area contributed by atoms with E-state index in [1.54, 1.807) is 0 Å². The Bertz CT molecular complexity index is 178. The lowest BCUT2D eigenvalue weighted by atomic mass is 10.6. The fraction of sp³-hybridized carbons (Fsp3) is 0. The Morgan fingerprint density at radius 1 is 0.714 bits per heavy atom. The van der Waals surface area contributed by atoms with Crippen LogP contribution in [0.3, 0.4) is 0 Å². The number of carboxylic acid groups (broad SMARTS) is 2. The van der Waals surface area contributed by atoms with Crippen LogP contribution in [0.1, 0.15) is 0 Å². The molecule has 0 spiro atoms. The van der Waals surface area contributed by atoms with E-state index in [0.29, 0.717) is 0 Å². The van der Waals surface area contributed by atoms with Gasteiger partial charge in [-0.1, -0.05) is 0 Å². The van der Waals surface area contributed by atoms with Gasteiger partial charge in [0.05, 0.1) is 11.9 Å². The molecule has 0 fully saturated rings. The third-order valence-corrected chi connectivity index (χ3v) is 0.410. The molecule has 0 aliphatic heterocycles. The molecule has 0 unspecified atom stereocenters. The Hall–Kier alpha value is -2.20. The highest BCUT2D eigenvalue weighted by atomic mass is 16.4. The number of quaternary nitrogens is 2. The van der Waals surface area contributed by atoms with E-state index in [0.717, 1.165) is 0 Å². The quantitative estimate of drug-likeness (QED) is 0.286. The van der Waals surface area contributed by atoms with Gasteiger partial charge in [-0.05, 0) is 0 Å². The van der Waals surface area contributed by atoms with Crippen LogP contribution < -0.4 is 34.0 Å². The normalized spacial score (nSPS) is 6.29. The average Bonchev–Trinajstić information content (AvgIpc) is 1.88. The maximum absolute atomic E-state index is 9.45. The van der Waals surface area contributed by atoms with Crippen molar-refractivity contribution in [2.45, 2.75) is 0 Å². The average molecular weight is 212 g/mol. The summed E-state index contributed by atoms with van der Waals surface area (Å²) >= 11 is 0. The van der Waals surface area contributed by atoms with Crippen molar-refractivity contribution in [3.8, 4) is 0 Å². The van der Waals surface area contributed by atoms with E-state index in [2.05, 4.69) is 11.5 Å². The fourth-order valence-corrected chi connectivity index (χ4v) is 0. The first-order valence-electron chi connectivity index (χ1n) is 2.30. The number of carbonyl (C=O) groups is 4. The largest absolute Gasteiger partial charge is 0.543 e. The fourth-order valence-electron chi connectivity index (χ4n) is 0. The van der Waals surface area contributed by atoms with Crippen molar-refractivity contribution in [2.75, 3.05) is 0 Å². The van der Waals surface area contributed by atoms with Gasteiger partial charge in [-0.2, -0.15) is 0 Å². The van der Waals surface area contributed by atoms with Crippen LogP contribution in [0.4, 0.5) is 0 Å². The first-order valence-corrected chi connectivity index (χ1v) is 2.30. The first-order chi connectivity index (χ1) is 5.29. The molecular formula is C4H12N4O6. The van der Waals surface area contributed by atoms with Crippen LogP contribution >= 0.6 is 0 Å². The number of rotatable bonds is 0. The maximum Gasteiger partial charge on any atom is 0.306 e. The molecule has 84 valence electrons. The molecule has 2 amide bonds. The monoisotopic (exact) mass is 212 g/mol. The summed E-state index contributed by atoms with van der Waals surface area (Å²) in [4.78, 5) is 36.7. The molecule has 0 aliphatic rings. The lowest BCUT2D eigenvalue weighted by molar-refractivity contribution is -0.345. The number of nitrogens with two attached hydrogens (primary N) is 2. The second kappa shape index (κ2) is 10.8. The molecule has 0 saturated carbocycles. The molecule has 0 radical (unpaired) electrons. The van der Waals surface area contributed by atoms with Crippen LogP contribution in [0.25, 0.3) is 0 Å².